The molecule has 100 valence electrons. The Labute approximate surface area is 112 Å². The number of nitrogens with two attached hydrogens (primary N) is 1. The summed E-state index contributed by atoms with van der Waals surface area (Å²) >= 11 is 0. The fraction of sp³-hybridized carbons (Fsp3) is 0.286. The topological polar surface area (TPSA) is 71.2 Å². The molecule has 0 spiro atoms. The Hall–Kier alpha value is -2.14. The van der Waals surface area contributed by atoms with Gasteiger partial charge in [-0.25, -0.2) is 10.8 Å². The van der Waals surface area contributed by atoms with E-state index in [2.05, 4.69) is 10.4 Å². The third kappa shape index (κ3) is 2.37. The highest BCUT2D eigenvalue weighted by Gasteiger charge is 2.18. The Kier molecular flexibility index (Phi) is 3.66. The van der Waals surface area contributed by atoms with Crippen molar-refractivity contribution in [2.75, 3.05) is 12.5 Å². The number of carbonyl (C=O) groups excluding carboxylic acids is 1. The number of nitrogen functional groups attached to an aromatic ring is 1. The number of benzene rings is 1. The molecule has 1 aromatic carbocycles. The first-order valence-electron chi connectivity index (χ1n) is 6.17. The molecule has 0 saturated heterocycles. The number of hydrogen-bond donors (Lipinski definition) is 2. The molecule has 1 heterocycles. The molecular weight excluding hydrogens is 240 g/mol. The number of pyridine rings is 1. The van der Waals surface area contributed by atoms with Gasteiger partial charge in [-0.15, -0.1) is 0 Å². The summed E-state index contributed by atoms with van der Waals surface area (Å²) in [6.45, 7) is 3.95. The number of hydrogen-bond acceptors (Lipinski definition) is 4. The van der Waals surface area contributed by atoms with Gasteiger partial charge in [-0.2, -0.15) is 0 Å². The molecule has 1 amide bonds. The molecule has 2 aromatic rings. The molecule has 5 heteroatoms. The number of anilines is 1. The Morgan fingerprint density at radius 2 is 1.95 bits per heavy atom. The fourth-order valence-electron chi connectivity index (χ4n) is 1.90. The number of carbonyl (C=O) groups is 1. The lowest BCUT2D eigenvalue weighted by molar-refractivity contribution is 0.0756. The third-order valence-electron chi connectivity index (χ3n) is 3.26. The molecule has 0 saturated carbocycles. The van der Waals surface area contributed by atoms with Crippen molar-refractivity contribution in [3.63, 3.8) is 0 Å². The molecule has 5 nitrogen and oxygen atoms in total. The maximum atomic E-state index is 12.4. The summed E-state index contributed by atoms with van der Waals surface area (Å²) in [6, 6.07) is 7.72. The van der Waals surface area contributed by atoms with E-state index >= 15 is 0 Å². The third-order valence-corrected chi connectivity index (χ3v) is 3.26. The number of fused-ring (bicyclic) bond motifs is 1. The monoisotopic (exact) mass is 258 g/mol. The van der Waals surface area contributed by atoms with Gasteiger partial charge in [0.1, 0.15) is 5.82 Å². The van der Waals surface area contributed by atoms with Crippen molar-refractivity contribution in [3.8, 4) is 0 Å². The second-order valence-corrected chi connectivity index (χ2v) is 4.72. The maximum absolute atomic E-state index is 12.4. The Morgan fingerprint density at radius 3 is 2.53 bits per heavy atom. The van der Waals surface area contributed by atoms with Gasteiger partial charge in [-0.1, -0.05) is 24.3 Å². The molecule has 3 N–H and O–H groups in total. The smallest absolute Gasteiger partial charge is 0.256 e. The van der Waals surface area contributed by atoms with Crippen molar-refractivity contribution in [2.24, 2.45) is 5.84 Å². The van der Waals surface area contributed by atoms with Crippen molar-refractivity contribution in [3.05, 3.63) is 36.0 Å². The zero-order chi connectivity index (χ0) is 14.0. The molecule has 0 unspecified atom stereocenters. The normalized spacial score (nSPS) is 10.8. The first-order chi connectivity index (χ1) is 9.06. The first kappa shape index (κ1) is 13.3. The zero-order valence-corrected chi connectivity index (χ0v) is 11.3. The van der Waals surface area contributed by atoms with Crippen molar-refractivity contribution < 1.29 is 4.79 Å². The second kappa shape index (κ2) is 5.24. The van der Waals surface area contributed by atoms with Gasteiger partial charge in [0.25, 0.3) is 5.91 Å². The summed E-state index contributed by atoms with van der Waals surface area (Å²) < 4.78 is 0. The standard InChI is InChI=1S/C14H18N4O/c1-9(2)18(3)14(19)12-8-16-13(17-15)11-7-5-4-6-10(11)12/h4-9H,15H2,1-3H3,(H,16,17). The average Bonchev–Trinajstić information content (AvgIpc) is 2.44. The lowest BCUT2D eigenvalue weighted by Crippen LogP contribution is -2.33. The number of amides is 1. The molecule has 0 aliphatic heterocycles. The second-order valence-electron chi connectivity index (χ2n) is 4.72. The highest BCUT2D eigenvalue weighted by Crippen LogP contribution is 2.24. The van der Waals surface area contributed by atoms with Gasteiger partial charge in [-0.3, -0.25) is 4.79 Å². The Bertz CT molecular complexity index is 609. The summed E-state index contributed by atoms with van der Waals surface area (Å²) in [5.41, 5.74) is 3.14. The highest BCUT2D eigenvalue weighted by atomic mass is 16.2. The molecular formula is C14H18N4O. The van der Waals surface area contributed by atoms with Crippen molar-refractivity contribution in [2.45, 2.75) is 19.9 Å². The van der Waals surface area contributed by atoms with Gasteiger partial charge in [0.2, 0.25) is 0 Å². The lowest BCUT2D eigenvalue weighted by Gasteiger charge is -2.22. The average molecular weight is 258 g/mol. The van der Waals surface area contributed by atoms with Crippen LogP contribution in [-0.2, 0) is 0 Å². The van der Waals surface area contributed by atoms with Crippen LogP contribution in [0.1, 0.15) is 24.2 Å². The van der Waals surface area contributed by atoms with E-state index in [1.165, 1.54) is 0 Å². The molecule has 0 aliphatic rings. The summed E-state index contributed by atoms with van der Waals surface area (Å²) in [7, 11) is 1.79. The van der Waals surface area contributed by atoms with Gasteiger partial charge in [0, 0.05) is 24.7 Å². The number of hydrazine groups is 1. The summed E-state index contributed by atoms with van der Waals surface area (Å²) in [4.78, 5) is 18.3. The SMILES string of the molecule is CC(C)N(C)C(=O)c1cnc(NN)c2ccccc12. The van der Waals surface area contributed by atoms with Crippen LogP contribution in [0, 0.1) is 0 Å². The van der Waals surface area contributed by atoms with Crippen molar-refractivity contribution in [1.82, 2.24) is 9.88 Å². The van der Waals surface area contributed by atoms with Gasteiger partial charge in [0.15, 0.2) is 0 Å². The van der Waals surface area contributed by atoms with E-state index in [9.17, 15) is 4.79 Å². The predicted octanol–water partition coefficient (Wildman–Crippen LogP) is 2.00. The van der Waals surface area contributed by atoms with E-state index in [0.29, 0.717) is 11.4 Å². The Balaban J connectivity index is 2.59. The predicted molar refractivity (Wildman–Crippen MR) is 76.8 cm³/mol. The summed E-state index contributed by atoms with van der Waals surface area (Å²) in [6.07, 6.45) is 1.57. The molecule has 0 bridgehead atoms. The van der Waals surface area contributed by atoms with Gasteiger partial charge in [-0.05, 0) is 19.2 Å². The lowest BCUT2D eigenvalue weighted by atomic mass is 10.1. The van der Waals surface area contributed by atoms with Gasteiger partial charge < -0.3 is 10.3 Å². The van der Waals surface area contributed by atoms with Crippen LogP contribution in [0.5, 0.6) is 0 Å². The quantitative estimate of drug-likeness (QED) is 0.652. The van der Waals surface area contributed by atoms with Crippen LogP contribution in [0.4, 0.5) is 5.82 Å². The molecule has 0 aliphatic carbocycles. The summed E-state index contributed by atoms with van der Waals surface area (Å²) in [5.74, 6) is 5.97. The highest BCUT2D eigenvalue weighted by molar-refractivity contribution is 6.09. The van der Waals surface area contributed by atoms with E-state index in [-0.39, 0.29) is 11.9 Å². The van der Waals surface area contributed by atoms with Gasteiger partial charge >= 0.3 is 0 Å². The van der Waals surface area contributed by atoms with Crippen LogP contribution in [0.2, 0.25) is 0 Å². The van der Waals surface area contributed by atoms with Crippen LogP contribution in [0.25, 0.3) is 10.8 Å². The van der Waals surface area contributed by atoms with Crippen LogP contribution in [0.15, 0.2) is 30.5 Å². The van der Waals surface area contributed by atoms with E-state index in [1.54, 1.807) is 18.1 Å². The minimum absolute atomic E-state index is 0.0396. The van der Waals surface area contributed by atoms with E-state index < -0.39 is 0 Å². The molecule has 0 radical (unpaired) electrons. The Morgan fingerprint density at radius 1 is 1.32 bits per heavy atom. The van der Waals surface area contributed by atoms with Crippen molar-refractivity contribution >= 4 is 22.5 Å². The number of nitrogens with one attached hydrogen (secondary N) is 1. The van der Waals surface area contributed by atoms with E-state index in [1.807, 2.05) is 38.1 Å². The molecule has 0 atom stereocenters. The number of rotatable bonds is 3. The maximum Gasteiger partial charge on any atom is 0.256 e. The zero-order valence-electron chi connectivity index (χ0n) is 11.3. The van der Waals surface area contributed by atoms with Gasteiger partial charge in [0.05, 0.1) is 5.56 Å². The van der Waals surface area contributed by atoms with Crippen LogP contribution in [-0.4, -0.2) is 28.9 Å². The minimum atomic E-state index is -0.0396. The molecule has 1 aromatic heterocycles. The van der Waals surface area contributed by atoms with Crippen molar-refractivity contribution in [1.29, 1.82) is 0 Å². The molecule has 0 fully saturated rings. The van der Waals surface area contributed by atoms with E-state index in [4.69, 9.17) is 5.84 Å². The van der Waals surface area contributed by atoms with Crippen LogP contribution < -0.4 is 11.3 Å². The molecule has 2 rings (SSSR count). The number of nitrogens with zero attached hydrogens (tertiary/aromatic N) is 2. The first-order valence-corrected chi connectivity index (χ1v) is 6.17. The number of aromatic nitrogens is 1. The summed E-state index contributed by atoms with van der Waals surface area (Å²) in [5, 5.41) is 1.69. The minimum Gasteiger partial charge on any atom is -0.339 e. The van der Waals surface area contributed by atoms with E-state index in [0.717, 1.165) is 10.8 Å². The fourth-order valence-corrected chi connectivity index (χ4v) is 1.90. The van der Waals surface area contributed by atoms with Crippen LogP contribution >= 0.6 is 0 Å². The van der Waals surface area contributed by atoms with Crippen LogP contribution in [0.3, 0.4) is 0 Å². The molecule has 19 heavy (non-hydrogen) atoms. The largest absolute Gasteiger partial charge is 0.339 e.